The Hall–Kier alpha value is -0.180. The summed E-state index contributed by atoms with van der Waals surface area (Å²) in [5, 5.41) is 2.54. The standard InChI is InChI=1S/C5H11F2N.H2/c1-3-8-4-5(2,6)7;/h8H,3-4H2,1-2H3;1H. The first-order chi connectivity index (χ1) is 3.56. The lowest BCUT2D eigenvalue weighted by atomic mass is 10.4. The molecule has 1 N–H and O–H groups in total. The lowest BCUT2D eigenvalue weighted by Crippen LogP contribution is -2.29. The summed E-state index contributed by atoms with van der Waals surface area (Å²) in [6.07, 6.45) is 0. The van der Waals surface area contributed by atoms with Gasteiger partial charge in [0.1, 0.15) is 0 Å². The van der Waals surface area contributed by atoms with E-state index in [4.69, 9.17) is 0 Å². The van der Waals surface area contributed by atoms with Crippen molar-refractivity contribution in [3.05, 3.63) is 0 Å². The maximum absolute atomic E-state index is 11.8. The number of rotatable bonds is 3. The largest absolute Gasteiger partial charge is 0.311 e. The first-order valence-corrected chi connectivity index (χ1v) is 2.65. The molecule has 0 unspecified atom stereocenters. The molecule has 0 aromatic carbocycles. The molecule has 0 saturated heterocycles. The predicted octanol–water partition coefficient (Wildman–Crippen LogP) is 1.50. The van der Waals surface area contributed by atoms with Crippen LogP contribution in [-0.2, 0) is 0 Å². The molecule has 8 heavy (non-hydrogen) atoms. The first kappa shape index (κ1) is 7.82. The van der Waals surface area contributed by atoms with Gasteiger partial charge in [0.25, 0.3) is 5.92 Å². The number of alkyl halides is 2. The number of hydrogen-bond acceptors (Lipinski definition) is 1. The van der Waals surface area contributed by atoms with E-state index >= 15 is 0 Å². The van der Waals surface area contributed by atoms with Crippen LogP contribution in [0.2, 0.25) is 0 Å². The maximum Gasteiger partial charge on any atom is 0.257 e. The fraction of sp³-hybridized carbons (Fsp3) is 1.00. The maximum atomic E-state index is 11.8. The summed E-state index contributed by atoms with van der Waals surface area (Å²) in [5.74, 6) is -2.56. The van der Waals surface area contributed by atoms with Gasteiger partial charge in [0, 0.05) is 8.35 Å². The lowest BCUT2D eigenvalue weighted by molar-refractivity contribution is 0.0233. The van der Waals surface area contributed by atoms with Crippen LogP contribution in [0.25, 0.3) is 0 Å². The first-order valence-electron chi connectivity index (χ1n) is 2.65. The smallest absolute Gasteiger partial charge is 0.257 e. The molecule has 0 aliphatic carbocycles. The second-order valence-electron chi connectivity index (χ2n) is 1.85. The van der Waals surface area contributed by atoms with Gasteiger partial charge in [-0.15, -0.1) is 0 Å². The van der Waals surface area contributed by atoms with Crippen LogP contribution in [0, 0.1) is 0 Å². The van der Waals surface area contributed by atoms with Crippen molar-refractivity contribution in [2.45, 2.75) is 19.8 Å². The molecule has 3 heteroatoms. The van der Waals surface area contributed by atoms with Crippen molar-refractivity contribution < 1.29 is 10.2 Å². The summed E-state index contributed by atoms with van der Waals surface area (Å²) in [6, 6.07) is 0. The van der Waals surface area contributed by atoms with Crippen molar-refractivity contribution in [3.63, 3.8) is 0 Å². The van der Waals surface area contributed by atoms with Gasteiger partial charge >= 0.3 is 0 Å². The molecular weight excluding hydrogens is 112 g/mol. The van der Waals surface area contributed by atoms with Crippen LogP contribution in [0.1, 0.15) is 15.3 Å². The van der Waals surface area contributed by atoms with Gasteiger partial charge in [0.05, 0.1) is 6.54 Å². The molecule has 0 fully saturated rings. The third-order valence-corrected chi connectivity index (χ3v) is 0.685. The third-order valence-electron chi connectivity index (χ3n) is 0.685. The minimum atomic E-state index is -2.56. The van der Waals surface area contributed by atoms with E-state index in [0.717, 1.165) is 6.92 Å². The van der Waals surface area contributed by atoms with E-state index in [-0.39, 0.29) is 7.97 Å². The van der Waals surface area contributed by atoms with E-state index in [2.05, 4.69) is 5.32 Å². The summed E-state index contributed by atoms with van der Waals surface area (Å²) in [5.41, 5.74) is 0. The molecule has 0 radical (unpaired) electrons. The topological polar surface area (TPSA) is 12.0 Å². The summed E-state index contributed by atoms with van der Waals surface area (Å²) in [4.78, 5) is 0. The van der Waals surface area contributed by atoms with Crippen LogP contribution in [0.4, 0.5) is 8.78 Å². The Bertz CT molecular complexity index is 62.5. The van der Waals surface area contributed by atoms with Gasteiger partial charge in [-0.05, 0) is 6.54 Å². The molecule has 0 atom stereocenters. The predicted molar refractivity (Wildman–Crippen MR) is 31.3 cm³/mol. The van der Waals surface area contributed by atoms with E-state index in [1.165, 1.54) is 0 Å². The Balaban J connectivity index is 0. The summed E-state index contributed by atoms with van der Waals surface area (Å²) in [6.45, 7) is 3.08. The zero-order valence-electron chi connectivity index (χ0n) is 5.17. The highest BCUT2D eigenvalue weighted by molar-refractivity contribution is 4.59. The SMILES string of the molecule is CCNCC(C)(F)F.[HH]. The van der Waals surface area contributed by atoms with Crippen molar-refractivity contribution in [1.29, 1.82) is 0 Å². The molecule has 0 aliphatic heterocycles. The van der Waals surface area contributed by atoms with Crippen LogP contribution in [0.15, 0.2) is 0 Å². The molecule has 0 amide bonds. The zero-order chi connectivity index (χ0) is 6.62. The molecule has 0 saturated carbocycles. The fourth-order valence-electron chi connectivity index (χ4n) is 0.344. The molecule has 0 heterocycles. The number of hydrogen-bond donors (Lipinski definition) is 1. The van der Waals surface area contributed by atoms with Crippen LogP contribution >= 0.6 is 0 Å². The Kier molecular flexibility index (Phi) is 2.90. The zero-order valence-corrected chi connectivity index (χ0v) is 5.17. The number of nitrogens with one attached hydrogen (secondary N) is 1. The summed E-state index contributed by atoms with van der Waals surface area (Å²) < 4.78 is 23.7. The van der Waals surface area contributed by atoms with Crippen LogP contribution in [-0.4, -0.2) is 19.0 Å². The Labute approximate surface area is 49.6 Å². The van der Waals surface area contributed by atoms with Crippen molar-refractivity contribution in [2.24, 2.45) is 0 Å². The Morgan fingerprint density at radius 1 is 1.62 bits per heavy atom. The molecule has 0 bridgehead atoms. The van der Waals surface area contributed by atoms with E-state index in [1.807, 2.05) is 0 Å². The average molecular weight is 125 g/mol. The highest BCUT2D eigenvalue weighted by atomic mass is 19.3. The van der Waals surface area contributed by atoms with Crippen molar-refractivity contribution in [1.82, 2.24) is 5.32 Å². The highest BCUT2D eigenvalue weighted by Crippen LogP contribution is 2.08. The second-order valence-corrected chi connectivity index (χ2v) is 1.85. The van der Waals surface area contributed by atoms with Crippen LogP contribution < -0.4 is 5.32 Å². The normalized spacial score (nSPS) is 12.0. The molecule has 0 aromatic heterocycles. The molecule has 0 aromatic rings. The van der Waals surface area contributed by atoms with Crippen LogP contribution in [0.5, 0.6) is 0 Å². The van der Waals surface area contributed by atoms with Gasteiger partial charge in [-0.25, -0.2) is 8.78 Å². The Morgan fingerprint density at radius 2 is 2.12 bits per heavy atom. The monoisotopic (exact) mass is 125 g/mol. The minimum absolute atomic E-state index is 0. The highest BCUT2D eigenvalue weighted by Gasteiger charge is 2.18. The quantitative estimate of drug-likeness (QED) is 0.602. The van der Waals surface area contributed by atoms with E-state index < -0.39 is 5.92 Å². The summed E-state index contributed by atoms with van der Waals surface area (Å²) >= 11 is 0. The lowest BCUT2D eigenvalue weighted by Gasteiger charge is -2.08. The van der Waals surface area contributed by atoms with E-state index in [9.17, 15) is 8.78 Å². The average Bonchev–Trinajstić information content (AvgIpc) is 1.59. The van der Waals surface area contributed by atoms with Gasteiger partial charge in [-0.2, -0.15) is 0 Å². The van der Waals surface area contributed by atoms with Crippen molar-refractivity contribution in [2.75, 3.05) is 13.1 Å². The minimum Gasteiger partial charge on any atom is -0.311 e. The van der Waals surface area contributed by atoms with E-state index in [1.54, 1.807) is 6.92 Å². The molecule has 52 valence electrons. The van der Waals surface area contributed by atoms with Gasteiger partial charge in [-0.3, -0.25) is 0 Å². The van der Waals surface area contributed by atoms with Gasteiger partial charge in [0.2, 0.25) is 0 Å². The molecule has 0 rings (SSSR count). The summed E-state index contributed by atoms with van der Waals surface area (Å²) in [7, 11) is 0. The third kappa shape index (κ3) is 5.82. The van der Waals surface area contributed by atoms with Gasteiger partial charge in [-0.1, -0.05) is 6.92 Å². The van der Waals surface area contributed by atoms with Crippen LogP contribution in [0.3, 0.4) is 0 Å². The van der Waals surface area contributed by atoms with E-state index in [0.29, 0.717) is 6.54 Å². The molecular formula is C5H13F2N. The number of halogens is 2. The van der Waals surface area contributed by atoms with Crippen molar-refractivity contribution in [3.8, 4) is 0 Å². The van der Waals surface area contributed by atoms with Crippen molar-refractivity contribution >= 4 is 0 Å². The van der Waals surface area contributed by atoms with Gasteiger partial charge < -0.3 is 5.32 Å². The molecule has 0 aliphatic rings. The Morgan fingerprint density at radius 3 is 2.25 bits per heavy atom. The molecule has 0 spiro atoms. The fourth-order valence-corrected chi connectivity index (χ4v) is 0.344. The second kappa shape index (κ2) is 2.97. The molecule has 1 nitrogen and oxygen atoms in total. The van der Waals surface area contributed by atoms with Gasteiger partial charge in [0.15, 0.2) is 0 Å².